The van der Waals surface area contributed by atoms with Gasteiger partial charge >= 0.3 is 6.03 Å². The van der Waals surface area contributed by atoms with E-state index in [1.165, 1.54) is 0 Å². The van der Waals surface area contributed by atoms with Crippen molar-refractivity contribution in [1.29, 1.82) is 0 Å². The maximum Gasteiger partial charge on any atom is 0.354 e. The number of anilines is 1. The Morgan fingerprint density at radius 3 is 2.34 bits per heavy atom. The average molecular weight is 435 g/mol. The van der Waals surface area contributed by atoms with Crippen LogP contribution in [-0.2, 0) is 41.2 Å². The van der Waals surface area contributed by atoms with Crippen LogP contribution >= 0.6 is 11.3 Å². The summed E-state index contributed by atoms with van der Waals surface area (Å²) in [4.78, 5) is 18.1. The lowest BCUT2D eigenvalue weighted by atomic mass is 10.1. The molecule has 0 spiro atoms. The molecule has 2 amide bonds. The minimum absolute atomic E-state index is 0.315. The number of amides is 2. The lowest BCUT2D eigenvalue weighted by molar-refractivity contribution is 0.0825. The summed E-state index contributed by atoms with van der Waals surface area (Å²) in [6.07, 6.45) is 5.64. The summed E-state index contributed by atoms with van der Waals surface area (Å²) < 4.78 is 17.2. The molecular formula is C20H26N4O3S2. The van der Waals surface area contributed by atoms with Crippen molar-refractivity contribution in [2.75, 3.05) is 5.32 Å². The van der Waals surface area contributed by atoms with Crippen LogP contribution in [0.4, 0.5) is 10.5 Å². The molecular weight excluding hydrogens is 408 g/mol. The zero-order chi connectivity index (χ0) is 21.0. The third-order valence-electron chi connectivity index (χ3n) is 5.44. The van der Waals surface area contributed by atoms with Gasteiger partial charge in [-0.05, 0) is 82.1 Å². The van der Waals surface area contributed by atoms with Crippen molar-refractivity contribution in [2.45, 2.75) is 69.1 Å². The number of hydrogen-bond donors (Lipinski definition) is 3. The molecule has 9 heteroatoms. The molecule has 0 fully saturated rings. The maximum absolute atomic E-state index is 13.1. The fourth-order valence-corrected chi connectivity index (χ4v) is 6.75. The van der Waals surface area contributed by atoms with E-state index in [1.807, 2.05) is 0 Å². The predicted molar refractivity (Wildman–Crippen MR) is 115 cm³/mol. The molecule has 7 nitrogen and oxygen atoms in total. The molecule has 0 saturated heterocycles. The Labute approximate surface area is 175 Å². The van der Waals surface area contributed by atoms with Gasteiger partial charge in [-0.3, -0.25) is 4.98 Å². The van der Waals surface area contributed by atoms with Crippen LogP contribution in [0.2, 0.25) is 0 Å². The monoisotopic (exact) mass is 434 g/mol. The first kappa shape index (κ1) is 20.5. The first-order valence-corrected chi connectivity index (χ1v) is 12.2. The number of pyridine rings is 1. The quantitative estimate of drug-likeness (QED) is 0.684. The average Bonchev–Trinajstić information content (AvgIpc) is 3.31. The second kappa shape index (κ2) is 7.16. The number of aromatic nitrogens is 1. The number of thiophene rings is 1. The number of urea groups is 1. The van der Waals surface area contributed by atoms with Gasteiger partial charge < -0.3 is 10.4 Å². The fraction of sp³-hybridized carbons (Fsp3) is 0.500. The Morgan fingerprint density at radius 1 is 1.24 bits per heavy atom. The van der Waals surface area contributed by atoms with Gasteiger partial charge in [-0.15, -0.1) is 15.7 Å². The molecule has 0 radical (unpaired) electrons. The van der Waals surface area contributed by atoms with Gasteiger partial charge in [0, 0.05) is 16.3 Å². The van der Waals surface area contributed by atoms with Crippen molar-refractivity contribution >= 4 is 33.0 Å². The number of nitrogens with zero attached hydrogens (tertiary/aromatic N) is 2. The van der Waals surface area contributed by atoms with E-state index >= 15 is 0 Å². The Balaban J connectivity index is 1.68. The molecule has 0 aliphatic heterocycles. The zero-order valence-corrected chi connectivity index (χ0v) is 18.5. The van der Waals surface area contributed by atoms with Crippen molar-refractivity contribution in [3.63, 3.8) is 0 Å². The largest absolute Gasteiger partial charge is 0.385 e. The molecule has 0 aromatic carbocycles. The van der Waals surface area contributed by atoms with Gasteiger partial charge in [0.1, 0.15) is 4.21 Å². The first-order valence-electron chi connectivity index (χ1n) is 9.79. The third kappa shape index (κ3) is 3.84. The van der Waals surface area contributed by atoms with Crippen molar-refractivity contribution in [2.24, 2.45) is 9.50 Å². The van der Waals surface area contributed by atoms with Gasteiger partial charge in [0.2, 0.25) is 0 Å². The van der Waals surface area contributed by atoms with Crippen LogP contribution in [-0.4, -0.2) is 20.3 Å². The highest BCUT2D eigenvalue weighted by atomic mass is 32.2. The number of fused-ring (bicyclic) bond motifs is 2. The molecule has 2 heterocycles. The van der Waals surface area contributed by atoms with Gasteiger partial charge in [0.15, 0.2) is 9.92 Å². The van der Waals surface area contributed by atoms with E-state index in [0.717, 1.165) is 78.1 Å². The third-order valence-corrected chi connectivity index (χ3v) is 9.04. The highest BCUT2D eigenvalue weighted by molar-refractivity contribution is 7.93. The standard InChI is InChI=1S/C20H26N4O3S2/c1-11-10-16(20(2,3)26)28-18(11)29(21,27)24-19(25)23-17-12-6-4-8-14(12)22-15-9-5-7-13(15)17/h10,26H,4-9H2,1-3H3,(H3,21,22,23,24,25,27). The second-order valence-electron chi connectivity index (χ2n) is 8.27. The van der Waals surface area contributed by atoms with Crippen molar-refractivity contribution < 1.29 is 14.1 Å². The fourth-order valence-electron chi connectivity index (χ4n) is 4.09. The highest BCUT2D eigenvalue weighted by Crippen LogP contribution is 2.37. The maximum atomic E-state index is 13.1. The second-order valence-corrected chi connectivity index (χ2v) is 11.3. The van der Waals surface area contributed by atoms with Crippen LogP contribution in [0, 0.1) is 6.92 Å². The minimum Gasteiger partial charge on any atom is -0.385 e. The molecule has 2 aliphatic carbocycles. The highest BCUT2D eigenvalue weighted by Gasteiger charge is 2.28. The number of carbonyl (C=O) groups excluding carboxylic acids is 1. The molecule has 156 valence electrons. The summed E-state index contributed by atoms with van der Waals surface area (Å²) in [5.41, 5.74) is 4.63. The SMILES string of the molecule is Cc1cc(C(C)(C)O)sc1S(N)(=O)=NC(=O)Nc1c2c(nc3c1CCC3)CCC2. The Morgan fingerprint density at radius 2 is 1.83 bits per heavy atom. The van der Waals surface area contributed by atoms with Crippen LogP contribution < -0.4 is 10.5 Å². The lowest BCUT2D eigenvalue weighted by Gasteiger charge is -2.14. The van der Waals surface area contributed by atoms with E-state index in [4.69, 9.17) is 10.1 Å². The summed E-state index contributed by atoms with van der Waals surface area (Å²) in [5.74, 6) is 0. The number of nitrogens with two attached hydrogens (primary N) is 1. The van der Waals surface area contributed by atoms with Gasteiger partial charge in [-0.25, -0.2) is 14.1 Å². The smallest absolute Gasteiger partial charge is 0.354 e. The molecule has 1 atom stereocenters. The Bertz CT molecular complexity index is 1090. The molecule has 4 N–H and O–H groups in total. The Hall–Kier alpha value is -1.81. The van der Waals surface area contributed by atoms with E-state index in [-0.39, 0.29) is 0 Å². The van der Waals surface area contributed by atoms with Gasteiger partial charge in [0.25, 0.3) is 0 Å². The number of nitrogens with one attached hydrogen (secondary N) is 1. The van der Waals surface area contributed by atoms with E-state index < -0.39 is 21.5 Å². The first-order chi connectivity index (χ1) is 13.6. The summed E-state index contributed by atoms with van der Waals surface area (Å²) in [5, 5.41) is 19.1. The lowest BCUT2D eigenvalue weighted by Crippen LogP contribution is -2.19. The number of aryl methyl sites for hydroxylation is 3. The van der Waals surface area contributed by atoms with E-state index in [2.05, 4.69) is 9.68 Å². The van der Waals surface area contributed by atoms with Crippen LogP contribution in [0.5, 0.6) is 0 Å². The molecule has 2 aliphatic rings. The van der Waals surface area contributed by atoms with E-state index in [9.17, 15) is 14.1 Å². The normalized spacial score (nSPS) is 17.6. The molecule has 1 unspecified atom stereocenters. The van der Waals surface area contributed by atoms with Crippen molar-refractivity contribution in [3.05, 3.63) is 39.0 Å². The zero-order valence-electron chi connectivity index (χ0n) is 16.9. The molecule has 29 heavy (non-hydrogen) atoms. The number of aliphatic hydroxyl groups is 1. The number of rotatable bonds is 3. The van der Waals surface area contributed by atoms with Crippen LogP contribution in [0.15, 0.2) is 14.6 Å². The van der Waals surface area contributed by atoms with Gasteiger partial charge in [-0.1, -0.05) is 0 Å². The summed E-state index contributed by atoms with van der Waals surface area (Å²) >= 11 is 1.13. The van der Waals surface area contributed by atoms with E-state index in [0.29, 0.717) is 14.6 Å². The summed E-state index contributed by atoms with van der Waals surface area (Å²) in [7, 11) is -3.42. The molecule has 0 saturated carbocycles. The summed E-state index contributed by atoms with van der Waals surface area (Å²) in [6, 6.07) is 1.03. The number of carbonyl (C=O) groups is 1. The topological polar surface area (TPSA) is 118 Å². The van der Waals surface area contributed by atoms with Gasteiger partial charge in [-0.2, -0.15) is 0 Å². The van der Waals surface area contributed by atoms with Crippen LogP contribution in [0.25, 0.3) is 0 Å². The molecule has 0 bridgehead atoms. The minimum atomic E-state index is -3.42. The summed E-state index contributed by atoms with van der Waals surface area (Å²) in [6.45, 7) is 5.05. The van der Waals surface area contributed by atoms with Crippen molar-refractivity contribution in [3.8, 4) is 0 Å². The predicted octanol–water partition coefficient (Wildman–Crippen LogP) is 3.59. The van der Waals surface area contributed by atoms with Crippen LogP contribution in [0.1, 0.15) is 59.6 Å². The number of hydrogen-bond acceptors (Lipinski definition) is 5. The molecule has 2 aromatic heterocycles. The molecule has 4 rings (SSSR count). The van der Waals surface area contributed by atoms with Gasteiger partial charge in [0.05, 0.1) is 11.3 Å². The van der Waals surface area contributed by atoms with Crippen molar-refractivity contribution in [1.82, 2.24) is 4.98 Å². The Kier molecular flexibility index (Phi) is 5.05. The van der Waals surface area contributed by atoms with Crippen LogP contribution in [0.3, 0.4) is 0 Å². The molecule has 2 aromatic rings. The van der Waals surface area contributed by atoms with E-state index in [1.54, 1.807) is 26.8 Å².